The molecule has 0 unspecified atom stereocenters. The van der Waals surface area contributed by atoms with Gasteiger partial charge in [-0.25, -0.2) is 8.42 Å². The number of piperidine rings is 1. The first kappa shape index (κ1) is 22.1. The van der Waals surface area contributed by atoms with Gasteiger partial charge in [-0.1, -0.05) is 18.0 Å². The number of hydrogen-bond acceptors (Lipinski definition) is 5. The fraction of sp³-hybridized carbons (Fsp3) is 0.450. The van der Waals surface area contributed by atoms with Gasteiger partial charge in [-0.2, -0.15) is 4.31 Å². The minimum Gasteiger partial charge on any atom is -0.492 e. The molecule has 0 atom stereocenters. The molecule has 2 aromatic rings. The molecule has 0 saturated carbocycles. The Morgan fingerprint density at radius 3 is 2.52 bits per heavy atom. The second-order valence-electron chi connectivity index (χ2n) is 6.98. The fourth-order valence-electron chi connectivity index (χ4n) is 3.06. The Morgan fingerprint density at radius 1 is 1.14 bits per heavy atom. The lowest BCUT2D eigenvalue weighted by Gasteiger charge is -2.25. The van der Waals surface area contributed by atoms with Crippen LogP contribution in [-0.2, 0) is 21.2 Å². The molecular formula is C20H25ClN2O4S2. The summed E-state index contributed by atoms with van der Waals surface area (Å²) < 4.78 is 32.9. The maximum atomic E-state index is 12.7. The molecule has 1 aliphatic rings. The van der Waals surface area contributed by atoms with Gasteiger partial charge < -0.3 is 9.64 Å². The third-order valence-corrected chi connectivity index (χ3v) is 8.51. The largest absolute Gasteiger partial charge is 0.492 e. The zero-order valence-corrected chi connectivity index (χ0v) is 18.7. The topological polar surface area (TPSA) is 66.9 Å². The summed E-state index contributed by atoms with van der Waals surface area (Å²) in [5.74, 6) is 0.620. The third-order valence-electron chi connectivity index (χ3n) is 4.81. The average molecular weight is 457 g/mol. The molecule has 158 valence electrons. The number of sulfonamides is 1. The van der Waals surface area contributed by atoms with E-state index in [1.807, 2.05) is 0 Å². The number of carbonyl (C=O) groups excluding carboxylic acids is 1. The lowest BCUT2D eigenvalue weighted by molar-refractivity contribution is -0.129. The fourth-order valence-corrected chi connectivity index (χ4v) is 6.21. The Hall–Kier alpha value is -1.61. The summed E-state index contributed by atoms with van der Waals surface area (Å²) >= 11 is 7.02. The molecule has 1 saturated heterocycles. The monoisotopic (exact) mass is 456 g/mol. The van der Waals surface area contributed by atoms with E-state index in [0.717, 1.165) is 24.1 Å². The Labute approximate surface area is 181 Å². The maximum absolute atomic E-state index is 12.7. The standard InChI is InChI=1S/C20H25ClN2O4S2/c1-22(13-14-27-17-7-5-16(21)6-8-17)19(24)15-18-9-10-20(28-18)29(25,26)23-11-3-2-4-12-23/h5-10H,2-4,11-15H2,1H3. The van der Waals surface area contributed by atoms with Crippen molar-refractivity contribution < 1.29 is 17.9 Å². The molecule has 0 bridgehead atoms. The molecule has 3 rings (SSSR count). The van der Waals surface area contributed by atoms with Crippen molar-refractivity contribution in [2.75, 3.05) is 33.3 Å². The van der Waals surface area contributed by atoms with E-state index >= 15 is 0 Å². The molecular weight excluding hydrogens is 432 g/mol. The van der Waals surface area contributed by atoms with Gasteiger partial charge in [-0.3, -0.25) is 4.79 Å². The minimum atomic E-state index is -3.45. The summed E-state index contributed by atoms with van der Waals surface area (Å²) in [5, 5.41) is 0.641. The summed E-state index contributed by atoms with van der Waals surface area (Å²) in [6.07, 6.45) is 3.06. The van der Waals surface area contributed by atoms with Crippen molar-refractivity contribution in [3.8, 4) is 5.75 Å². The van der Waals surface area contributed by atoms with Crippen molar-refractivity contribution in [3.05, 3.63) is 46.3 Å². The van der Waals surface area contributed by atoms with Gasteiger partial charge in [0.15, 0.2) is 0 Å². The molecule has 29 heavy (non-hydrogen) atoms. The zero-order valence-electron chi connectivity index (χ0n) is 16.3. The van der Waals surface area contributed by atoms with E-state index in [-0.39, 0.29) is 12.3 Å². The van der Waals surface area contributed by atoms with Crippen LogP contribution in [0.3, 0.4) is 0 Å². The van der Waals surface area contributed by atoms with Crippen LogP contribution in [0.15, 0.2) is 40.6 Å². The molecule has 1 aromatic carbocycles. The predicted octanol–water partition coefficient (Wildman–Crippen LogP) is 3.66. The van der Waals surface area contributed by atoms with Gasteiger partial charge in [0.25, 0.3) is 10.0 Å². The second kappa shape index (κ2) is 9.93. The number of nitrogens with zero attached hydrogens (tertiary/aromatic N) is 2. The molecule has 0 spiro atoms. The molecule has 0 aliphatic carbocycles. The van der Waals surface area contributed by atoms with Gasteiger partial charge in [-0.15, -0.1) is 11.3 Å². The summed E-state index contributed by atoms with van der Waals surface area (Å²) in [5.41, 5.74) is 0. The first-order valence-corrected chi connectivity index (χ1v) is 12.2. The first-order chi connectivity index (χ1) is 13.9. The first-order valence-electron chi connectivity index (χ1n) is 9.57. The Kier molecular flexibility index (Phi) is 7.56. The van der Waals surface area contributed by atoms with Crippen molar-refractivity contribution >= 4 is 38.9 Å². The number of amides is 1. The number of hydrogen-bond donors (Lipinski definition) is 0. The van der Waals surface area contributed by atoms with Crippen molar-refractivity contribution in [2.45, 2.75) is 29.9 Å². The Bertz CT molecular complexity index is 922. The second-order valence-corrected chi connectivity index (χ2v) is 10.7. The number of benzene rings is 1. The van der Waals surface area contributed by atoms with Crippen LogP contribution in [0.25, 0.3) is 0 Å². The number of carbonyl (C=O) groups is 1. The molecule has 1 aromatic heterocycles. The lowest BCUT2D eigenvalue weighted by atomic mass is 10.2. The van der Waals surface area contributed by atoms with E-state index in [0.29, 0.717) is 41.2 Å². The average Bonchev–Trinajstić information content (AvgIpc) is 3.19. The van der Waals surface area contributed by atoms with E-state index in [1.165, 1.54) is 11.3 Å². The van der Waals surface area contributed by atoms with E-state index in [1.54, 1.807) is 52.7 Å². The summed E-state index contributed by atoms with van der Waals surface area (Å²) in [6.45, 7) is 1.95. The Morgan fingerprint density at radius 2 is 1.83 bits per heavy atom. The minimum absolute atomic E-state index is 0.0755. The van der Waals surface area contributed by atoms with Crippen LogP contribution in [0, 0.1) is 0 Å². The maximum Gasteiger partial charge on any atom is 0.252 e. The lowest BCUT2D eigenvalue weighted by Crippen LogP contribution is -2.35. The molecule has 1 aliphatic heterocycles. The Balaban J connectivity index is 1.50. The normalized spacial score (nSPS) is 15.2. The van der Waals surface area contributed by atoms with Gasteiger partial charge in [0.1, 0.15) is 16.6 Å². The molecule has 1 amide bonds. The third kappa shape index (κ3) is 5.94. The van der Waals surface area contributed by atoms with Crippen LogP contribution in [-0.4, -0.2) is 56.8 Å². The molecule has 9 heteroatoms. The van der Waals surface area contributed by atoms with Gasteiger partial charge in [0.2, 0.25) is 5.91 Å². The van der Waals surface area contributed by atoms with Crippen molar-refractivity contribution in [3.63, 3.8) is 0 Å². The van der Waals surface area contributed by atoms with E-state index in [2.05, 4.69) is 0 Å². The highest BCUT2D eigenvalue weighted by molar-refractivity contribution is 7.91. The van der Waals surface area contributed by atoms with E-state index in [4.69, 9.17) is 16.3 Å². The van der Waals surface area contributed by atoms with E-state index < -0.39 is 10.0 Å². The molecule has 0 N–H and O–H groups in total. The van der Waals surface area contributed by atoms with Crippen LogP contribution >= 0.6 is 22.9 Å². The SMILES string of the molecule is CN(CCOc1ccc(Cl)cc1)C(=O)Cc1ccc(S(=O)(=O)N2CCCCC2)s1. The van der Waals surface area contributed by atoms with Crippen LogP contribution in [0.5, 0.6) is 5.75 Å². The number of likely N-dealkylation sites (N-methyl/N-ethyl adjacent to an activating group) is 1. The van der Waals surface area contributed by atoms with Crippen molar-refractivity contribution in [1.29, 1.82) is 0 Å². The predicted molar refractivity (Wildman–Crippen MR) is 115 cm³/mol. The number of halogens is 1. The highest BCUT2D eigenvalue weighted by atomic mass is 35.5. The molecule has 1 fully saturated rings. The summed E-state index contributed by atoms with van der Waals surface area (Å²) in [7, 11) is -1.73. The molecule has 2 heterocycles. The zero-order chi connectivity index (χ0) is 20.9. The summed E-state index contributed by atoms with van der Waals surface area (Å²) in [6, 6.07) is 10.4. The van der Waals surface area contributed by atoms with Crippen LogP contribution in [0.4, 0.5) is 0 Å². The number of ether oxygens (including phenoxy) is 1. The van der Waals surface area contributed by atoms with Gasteiger partial charge in [-0.05, 0) is 49.2 Å². The van der Waals surface area contributed by atoms with Crippen LogP contribution < -0.4 is 4.74 Å². The number of thiophene rings is 1. The quantitative estimate of drug-likeness (QED) is 0.608. The highest BCUT2D eigenvalue weighted by Crippen LogP contribution is 2.27. The van der Waals surface area contributed by atoms with Crippen LogP contribution in [0.2, 0.25) is 5.02 Å². The van der Waals surface area contributed by atoms with Gasteiger partial charge >= 0.3 is 0 Å². The van der Waals surface area contributed by atoms with Crippen molar-refractivity contribution in [1.82, 2.24) is 9.21 Å². The van der Waals surface area contributed by atoms with Crippen LogP contribution in [0.1, 0.15) is 24.1 Å². The van der Waals surface area contributed by atoms with Gasteiger partial charge in [0, 0.05) is 30.0 Å². The van der Waals surface area contributed by atoms with Gasteiger partial charge in [0.05, 0.1) is 13.0 Å². The molecule has 6 nitrogen and oxygen atoms in total. The van der Waals surface area contributed by atoms with E-state index in [9.17, 15) is 13.2 Å². The highest BCUT2D eigenvalue weighted by Gasteiger charge is 2.27. The molecule has 0 radical (unpaired) electrons. The number of rotatable bonds is 8. The summed E-state index contributed by atoms with van der Waals surface area (Å²) in [4.78, 5) is 14.8. The van der Waals surface area contributed by atoms with Crippen molar-refractivity contribution in [2.24, 2.45) is 0 Å². The smallest absolute Gasteiger partial charge is 0.252 e.